The Morgan fingerprint density at radius 3 is 2.54 bits per heavy atom. The molecule has 0 atom stereocenters. The highest BCUT2D eigenvalue weighted by Gasteiger charge is 2.28. The number of aryl methyl sites for hydroxylation is 2. The summed E-state index contributed by atoms with van der Waals surface area (Å²) in [6.45, 7) is 8.00. The summed E-state index contributed by atoms with van der Waals surface area (Å²) in [5.41, 5.74) is 2.61. The van der Waals surface area contributed by atoms with Crippen molar-refractivity contribution >= 4 is 11.9 Å². The first kappa shape index (κ1) is 18.2. The Bertz CT molecular complexity index is 815. The van der Waals surface area contributed by atoms with Crippen LogP contribution in [0.2, 0.25) is 0 Å². The molecule has 0 spiro atoms. The highest BCUT2D eigenvalue weighted by molar-refractivity contribution is 5.96. The first-order valence-electron chi connectivity index (χ1n) is 9.03. The molecule has 3 rings (SSSR count). The van der Waals surface area contributed by atoms with E-state index in [1.165, 1.54) is 6.20 Å². The summed E-state index contributed by atoms with van der Waals surface area (Å²) in [5, 5.41) is 17.7. The lowest BCUT2D eigenvalue weighted by Crippen LogP contribution is -2.39. The number of amides is 1. The predicted molar refractivity (Wildman–Crippen MR) is 95.4 cm³/mol. The number of hydrogen-bond acceptors (Lipinski definition) is 4. The van der Waals surface area contributed by atoms with Crippen molar-refractivity contribution in [2.24, 2.45) is 0 Å². The first-order valence-corrected chi connectivity index (χ1v) is 9.03. The Balaban J connectivity index is 1.68. The maximum absolute atomic E-state index is 13.0. The van der Waals surface area contributed by atoms with Crippen molar-refractivity contribution in [1.82, 2.24) is 24.5 Å². The molecule has 0 bridgehead atoms. The van der Waals surface area contributed by atoms with Crippen molar-refractivity contribution in [3.63, 3.8) is 0 Å². The van der Waals surface area contributed by atoms with Crippen LogP contribution in [0.1, 0.15) is 64.3 Å². The van der Waals surface area contributed by atoms with Gasteiger partial charge in [-0.05, 0) is 33.1 Å². The van der Waals surface area contributed by atoms with Gasteiger partial charge in [-0.3, -0.25) is 14.2 Å². The van der Waals surface area contributed by atoms with Gasteiger partial charge in [-0.1, -0.05) is 6.92 Å². The number of carboxylic acids is 1. The maximum Gasteiger partial charge on any atom is 0.338 e. The van der Waals surface area contributed by atoms with Gasteiger partial charge in [0.2, 0.25) is 0 Å². The van der Waals surface area contributed by atoms with E-state index in [2.05, 4.69) is 17.1 Å². The standard InChI is InChI=1S/C18H25N5O3/c1-4-7-22-13(3)16(12(2)20-22)17(24)21-8-5-15(6-9-21)23-11-14(10-19-23)18(25)26/h10-11,15H,4-9H2,1-3H3,(H,25,26). The molecule has 0 radical (unpaired) electrons. The predicted octanol–water partition coefficient (Wildman–Crippen LogP) is 2.28. The molecule has 1 saturated heterocycles. The fourth-order valence-electron chi connectivity index (χ4n) is 3.58. The molecule has 0 saturated carbocycles. The van der Waals surface area contributed by atoms with Gasteiger partial charge in [0.25, 0.3) is 5.91 Å². The van der Waals surface area contributed by atoms with E-state index in [0.717, 1.165) is 37.2 Å². The van der Waals surface area contributed by atoms with E-state index < -0.39 is 5.97 Å². The van der Waals surface area contributed by atoms with Crippen LogP contribution >= 0.6 is 0 Å². The molecule has 1 aliphatic rings. The van der Waals surface area contributed by atoms with E-state index in [-0.39, 0.29) is 17.5 Å². The summed E-state index contributed by atoms with van der Waals surface area (Å²) in [6.07, 6.45) is 5.42. The molecule has 26 heavy (non-hydrogen) atoms. The zero-order valence-corrected chi connectivity index (χ0v) is 15.5. The van der Waals surface area contributed by atoms with Crippen LogP contribution < -0.4 is 0 Å². The number of nitrogens with zero attached hydrogens (tertiary/aromatic N) is 5. The zero-order chi connectivity index (χ0) is 18.8. The highest BCUT2D eigenvalue weighted by Crippen LogP contribution is 2.25. The number of aromatic carboxylic acids is 1. The topological polar surface area (TPSA) is 93.2 Å². The fourth-order valence-corrected chi connectivity index (χ4v) is 3.58. The molecule has 1 aliphatic heterocycles. The summed E-state index contributed by atoms with van der Waals surface area (Å²) < 4.78 is 3.62. The van der Waals surface area contributed by atoms with Gasteiger partial charge in [0, 0.05) is 31.5 Å². The Morgan fingerprint density at radius 1 is 1.27 bits per heavy atom. The van der Waals surface area contributed by atoms with Crippen LogP contribution in [0.15, 0.2) is 12.4 Å². The Kier molecular flexibility index (Phi) is 5.11. The van der Waals surface area contributed by atoms with Gasteiger partial charge in [0.1, 0.15) is 0 Å². The van der Waals surface area contributed by atoms with Gasteiger partial charge in [-0.25, -0.2) is 4.79 Å². The highest BCUT2D eigenvalue weighted by atomic mass is 16.4. The van der Waals surface area contributed by atoms with Gasteiger partial charge < -0.3 is 10.0 Å². The van der Waals surface area contributed by atoms with E-state index in [1.54, 1.807) is 10.9 Å². The van der Waals surface area contributed by atoms with Gasteiger partial charge in [-0.2, -0.15) is 10.2 Å². The third-order valence-corrected chi connectivity index (χ3v) is 5.01. The number of rotatable bonds is 5. The number of likely N-dealkylation sites (tertiary alicyclic amines) is 1. The average molecular weight is 359 g/mol. The number of hydrogen-bond donors (Lipinski definition) is 1. The van der Waals surface area contributed by atoms with Crippen LogP contribution in [-0.2, 0) is 6.54 Å². The van der Waals surface area contributed by atoms with E-state index >= 15 is 0 Å². The second-order valence-electron chi connectivity index (χ2n) is 6.81. The van der Waals surface area contributed by atoms with Crippen molar-refractivity contribution in [3.05, 3.63) is 34.9 Å². The van der Waals surface area contributed by atoms with Crippen molar-refractivity contribution in [2.45, 2.75) is 52.6 Å². The van der Waals surface area contributed by atoms with Crippen LogP contribution in [0.4, 0.5) is 0 Å². The van der Waals surface area contributed by atoms with E-state index in [4.69, 9.17) is 5.11 Å². The Labute approximate surface area is 152 Å². The lowest BCUT2D eigenvalue weighted by molar-refractivity contribution is 0.0686. The van der Waals surface area contributed by atoms with Crippen molar-refractivity contribution in [1.29, 1.82) is 0 Å². The third-order valence-electron chi connectivity index (χ3n) is 5.01. The van der Waals surface area contributed by atoms with Crippen molar-refractivity contribution < 1.29 is 14.7 Å². The second kappa shape index (κ2) is 7.31. The Hall–Kier alpha value is -2.64. The van der Waals surface area contributed by atoms with Gasteiger partial charge in [-0.15, -0.1) is 0 Å². The third kappa shape index (κ3) is 3.36. The summed E-state index contributed by atoms with van der Waals surface area (Å²) >= 11 is 0. The molecule has 0 aromatic carbocycles. The smallest absolute Gasteiger partial charge is 0.338 e. The summed E-state index contributed by atoms with van der Waals surface area (Å²) in [4.78, 5) is 25.8. The monoisotopic (exact) mass is 359 g/mol. The van der Waals surface area contributed by atoms with Gasteiger partial charge in [0.05, 0.1) is 29.1 Å². The van der Waals surface area contributed by atoms with Crippen LogP contribution in [-0.4, -0.2) is 54.5 Å². The molecule has 0 unspecified atom stereocenters. The minimum absolute atomic E-state index is 0.0347. The SMILES string of the molecule is CCCn1nc(C)c(C(=O)N2CCC(n3cc(C(=O)O)cn3)CC2)c1C. The minimum atomic E-state index is -0.973. The van der Waals surface area contributed by atoms with Crippen LogP contribution in [0.5, 0.6) is 0 Å². The summed E-state index contributed by atoms with van der Waals surface area (Å²) in [7, 11) is 0. The molecule has 0 aliphatic carbocycles. The summed E-state index contributed by atoms with van der Waals surface area (Å²) in [6, 6.07) is 0.122. The Morgan fingerprint density at radius 2 is 1.96 bits per heavy atom. The molecule has 2 aromatic rings. The lowest BCUT2D eigenvalue weighted by atomic mass is 10.0. The van der Waals surface area contributed by atoms with E-state index in [9.17, 15) is 9.59 Å². The first-order chi connectivity index (χ1) is 12.4. The second-order valence-corrected chi connectivity index (χ2v) is 6.81. The molecule has 8 heteroatoms. The van der Waals surface area contributed by atoms with Gasteiger partial charge in [0.15, 0.2) is 0 Å². The largest absolute Gasteiger partial charge is 0.478 e. The van der Waals surface area contributed by atoms with Crippen LogP contribution in [0.25, 0.3) is 0 Å². The van der Waals surface area contributed by atoms with E-state index in [1.807, 2.05) is 23.4 Å². The van der Waals surface area contributed by atoms with E-state index in [0.29, 0.717) is 18.7 Å². The molecule has 3 heterocycles. The maximum atomic E-state index is 13.0. The molecule has 140 valence electrons. The summed E-state index contributed by atoms with van der Waals surface area (Å²) in [5.74, 6) is -0.939. The van der Waals surface area contributed by atoms with Crippen molar-refractivity contribution in [2.75, 3.05) is 13.1 Å². The number of piperidine rings is 1. The molecule has 8 nitrogen and oxygen atoms in total. The lowest BCUT2D eigenvalue weighted by Gasteiger charge is -2.32. The van der Waals surface area contributed by atoms with Gasteiger partial charge >= 0.3 is 5.97 Å². The average Bonchev–Trinajstić information content (AvgIpc) is 3.21. The van der Waals surface area contributed by atoms with Crippen LogP contribution in [0.3, 0.4) is 0 Å². The minimum Gasteiger partial charge on any atom is -0.478 e. The molecule has 2 aromatic heterocycles. The number of carboxylic acid groups (broad SMARTS) is 1. The molecular weight excluding hydrogens is 334 g/mol. The zero-order valence-electron chi connectivity index (χ0n) is 15.5. The fraction of sp³-hybridized carbons (Fsp3) is 0.556. The number of carbonyl (C=O) groups excluding carboxylic acids is 1. The molecular formula is C18H25N5O3. The molecule has 1 amide bonds. The van der Waals surface area contributed by atoms with Crippen molar-refractivity contribution in [3.8, 4) is 0 Å². The quantitative estimate of drug-likeness (QED) is 0.884. The number of carbonyl (C=O) groups is 2. The molecule has 1 fully saturated rings. The molecule has 1 N–H and O–H groups in total. The number of aromatic nitrogens is 4. The normalized spacial score (nSPS) is 15.4. The van der Waals surface area contributed by atoms with Crippen LogP contribution in [0, 0.1) is 13.8 Å².